The van der Waals surface area contributed by atoms with Crippen LogP contribution >= 0.6 is 0 Å². The van der Waals surface area contributed by atoms with E-state index in [1.54, 1.807) is 0 Å². The number of rotatable bonds is 4. The molecule has 2 fully saturated rings. The second-order valence-corrected chi connectivity index (χ2v) is 8.15. The van der Waals surface area contributed by atoms with Gasteiger partial charge >= 0.3 is 0 Å². The SMILES string of the molecule is CCC1(CC)CCCC2CCCC(CC)(CC)C(O)C2C1O. The smallest absolute Gasteiger partial charge is 0.0651 e. The second kappa shape index (κ2) is 7.21. The lowest BCUT2D eigenvalue weighted by atomic mass is 9.63. The molecule has 0 amide bonds. The Morgan fingerprint density at radius 3 is 1.41 bits per heavy atom. The van der Waals surface area contributed by atoms with Crippen molar-refractivity contribution in [1.29, 1.82) is 0 Å². The van der Waals surface area contributed by atoms with Crippen molar-refractivity contribution in [2.45, 2.75) is 104 Å². The molecule has 2 nitrogen and oxygen atoms in total. The van der Waals surface area contributed by atoms with Gasteiger partial charge in [-0.25, -0.2) is 0 Å². The monoisotopic (exact) mass is 310 g/mol. The highest BCUT2D eigenvalue weighted by molar-refractivity contribution is 5.02. The van der Waals surface area contributed by atoms with Crippen LogP contribution in [0.15, 0.2) is 0 Å². The summed E-state index contributed by atoms with van der Waals surface area (Å²) in [6, 6.07) is 0. The summed E-state index contributed by atoms with van der Waals surface area (Å²) in [6.45, 7) is 8.90. The fourth-order valence-electron chi connectivity index (χ4n) is 5.81. The van der Waals surface area contributed by atoms with Crippen molar-refractivity contribution >= 4 is 0 Å². The van der Waals surface area contributed by atoms with Crippen LogP contribution in [0.1, 0.15) is 91.9 Å². The average Bonchev–Trinajstić information content (AvgIpc) is 2.77. The first-order chi connectivity index (χ1) is 10.5. The molecule has 2 unspecified atom stereocenters. The molecule has 0 aromatic rings. The summed E-state index contributed by atoms with van der Waals surface area (Å²) in [7, 11) is 0. The van der Waals surface area contributed by atoms with Crippen LogP contribution in [-0.2, 0) is 0 Å². The predicted molar refractivity (Wildman–Crippen MR) is 92.7 cm³/mol. The standard InChI is InChI=1S/C20H38O2/c1-5-19(6-2)13-9-11-15-12-10-14-20(7-3,8-4)18(22)16(15)17(19)21/h15-18,21-22H,5-14H2,1-4H3. The third kappa shape index (κ3) is 2.86. The first-order valence-electron chi connectivity index (χ1n) is 9.86. The van der Waals surface area contributed by atoms with Gasteiger partial charge in [-0.3, -0.25) is 0 Å². The van der Waals surface area contributed by atoms with Crippen molar-refractivity contribution in [2.75, 3.05) is 0 Å². The first-order valence-corrected chi connectivity index (χ1v) is 9.86. The maximum absolute atomic E-state index is 11.4. The van der Waals surface area contributed by atoms with E-state index in [4.69, 9.17) is 0 Å². The van der Waals surface area contributed by atoms with Gasteiger partial charge in [-0.05, 0) is 68.1 Å². The lowest BCUT2D eigenvalue weighted by Gasteiger charge is -2.46. The van der Waals surface area contributed by atoms with Crippen LogP contribution in [0, 0.1) is 22.7 Å². The van der Waals surface area contributed by atoms with Crippen molar-refractivity contribution in [3.63, 3.8) is 0 Å². The molecule has 0 radical (unpaired) electrons. The third-order valence-electron chi connectivity index (χ3n) is 7.84. The van der Waals surface area contributed by atoms with Gasteiger partial charge in [-0.15, -0.1) is 0 Å². The summed E-state index contributed by atoms with van der Waals surface area (Å²) in [5.74, 6) is 0.606. The summed E-state index contributed by atoms with van der Waals surface area (Å²) < 4.78 is 0. The molecule has 0 aromatic carbocycles. The van der Waals surface area contributed by atoms with E-state index >= 15 is 0 Å². The van der Waals surface area contributed by atoms with Gasteiger partial charge in [0.2, 0.25) is 0 Å². The molecular formula is C20H38O2. The van der Waals surface area contributed by atoms with Crippen LogP contribution in [0.3, 0.4) is 0 Å². The van der Waals surface area contributed by atoms with E-state index in [9.17, 15) is 10.2 Å². The Morgan fingerprint density at radius 1 is 0.727 bits per heavy atom. The molecule has 2 rings (SSSR count). The molecule has 0 aliphatic heterocycles. The molecule has 0 bridgehead atoms. The number of hydrogen-bond acceptors (Lipinski definition) is 2. The van der Waals surface area contributed by atoms with Crippen LogP contribution in [0.5, 0.6) is 0 Å². The zero-order valence-electron chi connectivity index (χ0n) is 15.3. The molecule has 2 atom stereocenters. The summed E-state index contributed by atoms with van der Waals surface area (Å²) in [5.41, 5.74) is 0.0515. The number of aliphatic hydroxyl groups excluding tert-OH is 2. The van der Waals surface area contributed by atoms with Gasteiger partial charge in [0.05, 0.1) is 12.2 Å². The second-order valence-electron chi connectivity index (χ2n) is 8.15. The van der Waals surface area contributed by atoms with E-state index in [2.05, 4.69) is 27.7 Å². The van der Waals surface area contributed by atoms with Crippen LogP contribution in [0.25, 0.3) is 0 Å². The fraction of sp³-hybridized carbons (Fsp3) is 1.00. The van der Waals surface area contributed by atoms with Gasteiger partial charge in [-0.2, -0.15) is 0 Å². The minimum absolute atomic E-state index is 0.0258. The van der Waals surface area contributed by atoms with Crippen molar-refractivity contribution in [3.8, 4) is 0 Å². The Kier molecular flexibility index (Phi) is 5.99. The predicted octanol–water partition coefficient (Wildman–Crippen LogP) is 4.92. The molecule has 0 heterocycles. The van der Waals surface area contributed by atoms with E-state index in [1.165, 1.54) is 25.7 Å². The van der Waals surface area contributed by atoms with E-state index < -0.39 is 0 Å². The zero-order valence-corrected chi connectivity index (χ0v) is 15.3. The van der Waals surface area contributed by atoms with Crippen molar-refractivity contribution < 1.29 is 10.2 Å². The van der Waals surface area contributed by atoms with Gasteiger partial charge in [0, 0.05) is 5.92 Å². The van der Waals surface area contributed by atoms with Crippen LogP contribution in [-0.4, -0.2) is 22.4 Å². The Balaban J connectivity index is 2.40. The maximum Gasteiger partial charge on any atom is 0.0651 e. The summed E-state index contributed by atoms with van der Waals surface area (Å²) in [5, 5.41) is 22.7. The van der Waals surface area contributed by atoms with E-state index in [1.807, 2.05) is 0 Å². The molecule has 2 heteroatoms. The van der Waals surface area contributed by atoms with E-state index in [0.717, 1.165) is 38.5 Å². The number of fused-ring (bicyclic) bond motifs is 1. The van der Waals surface area contributed by atoms with Crippen molar-refractivity contribution in [3.05, 3.63) is 0 Å². The quantitative estimate of drug-likeness (QED) is 0.773. The Morgan fingerprint density at radius 2 is 1.09 bits per heavy atom. The van der Waals surface area contributed by atoms with Gasteiger partial charge in [0.15, 0.2) is 0 Å². The van der Waals surface area contributed by atoms with E-state index in [-0.39, 0.29) is 29.0 Å². The molecular weight excluding hydrogens is 272 g/mol. The Labute approximate surface area is 137 Å². The fourth-order valence-corrected chi connectivity index (χ4v) is 5.81. The summed E-state index contributed by atoms with van der Waals surface area (Å²) in [6.07, 6.45) is 10.6. The highest BCUT2D eigenvalue weighted by Crippen LogP contribution is 2.53. The van der Waals surface area contributed by atoms with Gasteiger partial charge < -0.3 is 10.2 Å². The highest BCUT2D eigenvalue weighted by atomic mass is 16.3. The normalized spacial score (nSPS) is 37.9. The maximum atomic E-state index is 11.4. The minimum atomic E-state index is -0.333. The largest absolute Gasteiger partial charge is 0.392 e. The highest BCUT2D eigenvalue weighted by Gasteiger charge is 2.52. The van der Waals surface area contributed by atoms with Crippen LogP contribution < -0.4 is 0 Å². The molecule has 2 aliphatic rings. The molecule has 0 aromatic heterocycles. The molecule has 130 valence electrons. The van der Waals surface area contributed by atoms with Crippen molar-refractivity contribution in [1.82, 2.24) is 0 Å². The van der Waals surface area contributed by atoms with Crippen molar-refractivity contribution in [2.24, 2.45) is 22.7 Å². The molecule has 2 saturated carbocycles. The number of aliphatic hydroxyl groups is 2. The average molecular weight is 311 g/mol. The summed E-state index contributed by atoms with van der Waals surface area (Å²) >= 11 is 0. The molecule has 0 spiro atoms. The molecule has 0 saturated heterocycles. The third-order valence-corrected chi connectivity index (χ3v) is 7.84. The number of hydrogen-bond donors (Lipinski definition) is 2. The van der Waals surface area contributed by atoms with Crippen LogP contribution in [0.2, 0.25) is 0 Å². The van der Waals surface area contributed by atoms with Crippen LogP contribution in [0.4, 0.5) is 0 Å². The Hall–Kier alpha value is -0.0800. The first kappa shape index (κ1) is 18.3. The topological polar surface area (TPSA) is 40.5 Å². The van der Waals surface area contributed by atoms with Gasteiger partial charge in [0.25, 0.3) is 0 Å². The van der Waals surface area contributed by atoms with Gasteiger partial charge in [-0.1, -0.05) is 40.5 Å². The summed E-state index contributed by atoms with van der Waals surface area (Å²) in [4.78, 5) is 0. The van der Waals surface area contributed by atoms with Gasteiger partial charge in [0.1, 0.15) is 0 Å². The zero-order chi connectivity index (χ0) is 16.4. The lowest BCUT2D eigenvalue weighted by molar-refractivity contribution is -0.118. The molecule has 2 N–H and O–H groups in total. The molecule has 22 heavy (non-hydrogen) atoms. The van der Waals surface area contributed by atoms with E-state index in [0.29, 0.717) is 5.92 Å². The Bertz CT molecular complexity index is 312. The lowest BCUT2D eigenvalue weighted by Crippen LogP contribution is -2.50. The minimum Gasteiger partial charge on any atom is -0.392 e. The molecule has 2 aliphatic carbocycles.